The number of non-ortho nitro benzene ring substituents is 2. The molecule has 0 fully saturated rings. The van der Waals surface area contributed by atoms with Crippen molar-refractivity contribution in [2.24, 2.45) is 0 Å². The van der Waals surface area contributed by atoms with Crippen LogP contribution in [-0.2, 0) is 6.54 Å². The number of aryl methyl sites for hydroxylation is 1. The molecule has 3 rings (SSSR count). The average Bonchev–Trinajstić information content (AvgIpc) is 2.79. The number of aromatic nitrogens is 1. The van der Waals surface area contributed by atoms with Gasteiger partial charge in [-0.15, -0.1) is 0 Å². The molecule has 0 aliphatic rings. The molecule has 0 aliphatic carbocycles. The molecule has 0 saturated heterocycles. The van der Waals surface area contributed by atoms with E-state index in [1.165, 1.54) is 18.2 Å². The Kier molecular flexibility index (Phi) is 2.83. The van der Waals surface area contributed by atoms with Crippen molar-refractivity contribution in [3.8, 4) is 0 Å². The fourth-order valence-electron chi connectivity index (χ4n) is 2.72. The zero-order valence-corrected chi connectivity index (χ0v) is 11.1. The molecule has 106 valence electrons. The minimum absolute atomic E-state index is 0.00760. The molecule has 0 amide bonds. The summed E-state index contributed by atoms with van der Waals surface area (Å²) in [4.78, 5) is 21.2. The van der Waals surface area contributed by atoms with Gasteiger partial charge < -0.3 is 4.57 Å². The summed E-state index contributed by atoms with van der Waals surface area (Å²) in [6, 6.07) is 9.31. The van der Waals surface area contributed by atoms with Gasteiger partial charge in [-0.1, -0.05) is 12.1 Å². The first-order valence-corrected chi connectivity index (χ1v) is 6.38. The zero-order valence-electron chi connectivity index (χ0n) is 11.1. The Bertz CT molecular complexity index is 898. The van der Waals surface area contributed by atoms with Gasteiger partial charge in [0.25, 0.3) is 11.4 Å². The van der Waals surface area contributed by atoms with Gasteiger partial charge >= 0.3 is 0 Å². The Labute approximate surface area is 118 Å². The van der Waals surface area contributed by atoms with Crippen LogP contribution in [0.2, 0.25) is 0 Å². The fourth-order valence-corrected chi connectivity index (χ4v) is 2.72. The summed E-state index contributed by atoms with van der Waals surface area (Å²) in [6.45, 7) is 2.43. The van der Waals surface area contributed by atoms with Crippen LogP contribution in [-0.4, -0.2) is 14.4 Å². The Morgan fingerprint density at radius 2 is 1.81 bits per heavy atom. The lowest BCUT2D eigenvalue weighted by atomic mass is 10.1. The normalized spacial score (nSPS) is 11.1. The first-order chi connectivity index (χ1) is 10.0. The van der Waals surface area contributed by atoms with E-state index in [0.29, 0.717) is 22.8 Å². The van der Waals surface area contributed by atoms with Crippen LogP contribution in [0.1, 0.15) is 6.92 Å². The molecule has 2 aromatic carbocycles. The number of hydrogen-bond acceptors (Lipinski definition) is 4. The third-order valence-electron chi connectivity index (χ3n) is 3.57. The number of nitro benzene ring substituents is 2. The van der Waals surface area contributed by atoms with Crippen molar-refractivity contribution in [3.63, 3.8) is 0 Å². The first-order valence-electron chi connectivity index (χ1n) is 6.38. The monoisotopic (exact) mass is 285 g/mol. The van der Waals surface area contributed by atoms with Crippen LogP contribution >= 0.6 is 0 Å². The van der Waals surface area contributed by atoms with Crippen LogP contribution in [0.4, 0.5) is 11.4 Å². The van der Waals surface area contributed by atoms with E-state index in [1.54, 1.807) is 18.2 Å². The Balaban J connectivity index is 2.52. The fraction of sp³-hybridized carbons (Fsp3) is 0.143. The van der Waals surface area contributed by atoms with E-state index in [2.05, 4.69) is 0 Å². The third-order valence-corrected chi connectivity index (χ3v) is 3.57. The Morgan fingerprint density at radius 1 is 1.05 bits per heavy atom. The molecular weight excluding hydrogens is 274 g/mol. The number of para-hydroxylation sites is 1. The van der Waals surface area contributed by atoms with Crippen molar-refractivity contribution in [1.82, 2.24) is 4.57 Å². The molecule has 0 aliphatic heterocycles. The van der Waals surface area contributed by atoms with Crippen molar-refractivity contribution in [3.05, 3.63) is 56.6 Å². The molecule has 3 aromatic rings. The number of benzene rings is 2. The van der Waals surface area contributed by atoms with Gasteiger partial charge in [0, 0.05) is 41.0 Å². The highest BCUT2D eigenvalue weighted by Gasteiger charge is 2.20. The molecule has 1 aromatic heterocycles. The largest absolute Gasteiger partial charge is 0.335 e. The summed E-state index contributed by atoms with van der Waals surface area (Å²) in [6.07, 6.45) is 0. The molecule has 7 nitrogen and oxygen atoms in total. The van der Waals surface area contributed by atoms with E-state index in [4.69, 9.17) is 0 Å². The first kappa shape index (κ1) is 13.0. The maximum atomic E-state index is 11.2. The molecular formula is C14H11N3O4. The maximum Gasteiger partial charge on any atom is 0.293 e. The number of nitro groups is 2. The van der Waals surface area contributed by atoms with E-state index in [9.17, 15) is 20.2 Å². The van der Waals surface area contributed by atoms with Crippen LogP contribution in [0, 0.1) is 20.2 Å². The Morgan fingerprint density at radius 3 is 2.43 bits per heavy atom. The molecule has 7 heteroatoms. The van der Waals surface area contributed by atoms with Gasteiger partial charge in [-0.3, -0.25) is 20.2 Å². The lowest BCUT2D eigenvalue weighted by Crippen LogP contribution is -1.97. The molecule has 0 atom stereocenters. The second kappa shape index (κ2) is 4.55. The molecule has 0 radical (unpaired) electrons. The van der Waals surface area contributed by atoms with Crippen LogP contribution in [0.3, 0.4) is 0 Å². The molecule has 0 unspecified atom stereocenters. The van der Waals surface area contributed by atoms with E-state index >= 15 is 0 Å². The lowest BCUT2D eigenvalue weighted by molar-refractivity contribution is -0.384. The van der Waals surface area contributed by atoms with Gasteiger partial charge in [-0.05, 0) is 13.0 Å². The second-order valence-electron chi connectivity index (χ2n) is 4.63. The highest BCUT2D eigenvalue weighted by molar-refractivity contribution is 6.11. The van der Waals surface area contributed by atoms with E-state index in [0.717, 1.165) is 5.52 Å². The van der Waals surface area contributed by atoms with Crippen LogP contribution < -0.4 is 0 Å². The van der Waals surface area contributed by atoms with Crippen molar-refractivity contribution in [1.29, 1.82) is 0 Å². The number of rotatable bonds is 3. The Hall–Kier alpha value is -2.96. The summed E-state index contributed by atoms with van der Waals surface area (Å²) in [5.41, 5.74) is 1.24. The lowest BCUT2D eigenvalue weighted by Gasteiger charge is -2.03. The predicted molar refractivity (Wildman–Crippen MR) is 78.4 cm³/mol. The van der Waals surface area contributed by atoms with Crippen LogP contribution in [0.15, 0.2) is 36.4 Å². The smallest absolute Gasteiger partial charge is 0.293 e. The summed E-state index contributed by atoms with van der Waals surface area (Å²) >= 11 is 0. The molecule has 0 spiro atoms. The van der Waals surface area contributed by atoms with Crippen molar-refractivity contribution in [2.75, 3.05) is 0 Å². The molecule has 0 saturated carbocycles. The van der Waals surface area contributed by atoms with Gasteiger partial charge in [0.05, 0.1) is 9.85 Å². The van der Waals surface area contributed by atoms with Gasteiger partial charge in [0.1, 0.15) is 5.52 Å². The zero-order chi connectivity index (χ0) is 15.1. The van der Waals surface area contributed by atoms with E-state index in [1.807, 2.05) is 11.5 Å². The van der Waals surface area contributed by atoms with Crippen molar-refractivity contribution in [2.45, 2.75) is 13.5 Å². The minimum atomic E-state index is -0.466. The van der Waals surface area contributed by atoms with E-state index < -0.39 is 9.85 Å². The SMILES string of the molecule is CCn1c2ccc([N+](=O)[O-])cc2c2cccc([N+](=O)[O-])c21. The van der Waals surface area contributed by atoms with Crippen molar-refractivity contribution < 1.29 is 9.85 Å². The second-order valence-corrected chi connectivity index (χ2v) is 4.63. The standard InChI is InChI=1S/C14H11N3O4/c1-2-15-12-7-6-9(16(18)19)8-11(12)10-4-3-5-13(14(10)15)17(20)21/h3-8H,2H2,1H3. The topological polar surface area (TPSA) is 91.2 Å². The molecule has 1 heterocycles. The molecule has 0 bridgehead atoms. The van der Waals surface area contributed by atoms with Gasteiger partial charge in [0.2, 0.25) is 0 Å². The summed E-state index contributed by atoms with van der Waals surface area (Å²) < 4.78 is 1.81. The highest BCUT2D eigenvalue weighted by Crippen LogP contribution is 2.36. The number of fused-ring (bicyclic) bond motifs is 3. The highest BCUT2D eigenvalue weighted by atomic mass is 16.6. The predicted octanol–water partition coefficient (Wildman–Crippen LogP) is 3.63. The van der Waals surface area contributed by atoms with Crippen LogP contribution in [0.5, 0.6) is 0 Å². The summed E-state index contributed by atoms with van der Waals surface area (Å²) in [7, 11) is 0. The van der Waals surface area contributed by atoms with Gasteiger partial charge in [-0.25, -0.2) is 0 Å². The molecule has 0 N–H and O–H groups in total. The number of hydrogen-bond donors (Lipinski definition) is 0. The van der Waals surface area contributed by atoms with Crippen LogP contribution in [0.25, 0.3) is 21.8 Å². The number of nitrogens with zero attached hydrogens (tertiary/aromatic N) is 3. The summed E-state index contributed by atoms with van der Waals surface area (Å²) in [5, 5.41) is 23.5. The quantitative estimate of drug-likeness (QED) is 0.542. The van der Waals surface area contributed by atoms with Gasteiger partial charge in [-0.2, -0.15) is 0 Å². The molecule has 21 heavy (non-hydrogen) atoms. The average molecular weight is 285 g/mol. The summed E-state index contributed by atoms with van der Waals surface area (Å²) in [5.74, 6) is 0. The van der Waals surface area contributed by atoms with Gasteiger partial charge in [0.15, 0.2) is 0 Å². The third kappa shape index (κ3) is 1.82. The van der Waals surface area contributed by atoms with Crippen molar-refractivity contribution >= 4 is 33.2 Å². The van der Waals surface area contributed by atoms with E-state index in [-0.39, 0.29) is 11.4 Å². The minimum Gasteiger partial charge on any atom is -0.335 e. The maximum absolute atomic E-state index is 11.2.